The minimum Gasteiger partial charge on any atom is -0.469 e. The normalized spacial score (nSPS) is 12.0. The Kier molecular flexibility index (Phi) is 12.9. The van der Waals surface area contributed by atoms with Crippen molar-refractivity contribution in [3.63, 3.8) is 0 Å². The van der Waals surface area contributed by atoms with Crippen LogP contribution in [0.25, 0.3) is 11.0 Å². The first-order chi connectivity index (χ1) is 23.1. The minimum absolute atomic E-state index is 0.00433. The Hall–Kier alpha value is -3.45. The monoisotopic (exact) mass is 813 g/mol. The Morgan fingerprint density at radius 1 is 1.18 bits per heavy atom. The molecule has 0 saturated carbocycles. The van der Waals surface area contributed by atoms with E-state index in [2.05, 4.69) is 41.5 Å². The Bertz CT molecular complexity index is 2010. The van der Waals surface area contributed by atoms with Crippen molar-refractivity contribution in [1.82, 2.24) is 15.0 Å². The number of carbonyl (C=O) groups excluding carboxylic acids is 3. The van der Waals surface area contributed by atoms with Crippen LogP contribution in [0.1, 0.15) is 37.6 Å². The molecule has 0 radical (unpaired) electrons. The van der Waals surface area contributed by atoms with Crippen LogP contribution in [0.4, 0.5) is 14.9 Å². The summed E-state index contributed by atoms with van der Waals surface area (Å²) in [6.07, 6.45) is 4.03. The van der Waals surface area contributed by atoms with Crippen molar-refractivity contribution in [2.75, 3.05) is 30.2 Å². The Morgan fingerprint density at radius 2 is 1.94 bits per heavy atom. The van der Waals surface area contributed by atoms with E-state index in [0.29, 0.717) is 36.0 Å². The number of benzene rings is 2. The van der Waals surface area contributed by atoms with Crippen LogP contribution in [0.3, 0.4) is 0 Å². The highest BCUT2D eigenvalue weighted by atomic mass is 79.9. The van der Waals surface area contributed by atoms with E-state index >= 15 is 0 Å². The van der Waals surface area contributed by atoms with Gasteiger partial charge in [0.15, 0.2) is 0 Å². The number of halogens is 2. The van der Waals surface area contributed by atoms with Crippen molar-refractivity contribution in [2.45, 2.75) is 53.3 Å². The number of carbonyl (C=O) groups is 3. The topological polar surface area (TPSA) is 158 Å². The summed E-state index contributed by atoms with van der Waals surface area (Å²) in [6, 6.07) is 8.62. The zero-order chi connectivity index (χ0) is 35.9. The van der Waals surface area contributed by atoms with Crippen LogP contribution in [0, 0.1) is 5.82 Å². The van der Waals surface area contributed by atoms with Crippen molar-refractivity contribution < 1.29 is 36.7 Å². The standard InChI is InChI=1S/C31H33BrFN5O7S4/c1-31(2,3)45-30(41)37-35-14-20-11-25(29(46-5)48-20)49(42,43)21-12-22(32)28-24(13-21)38(17-34-28)15-18-10-19(6-7-23(18)33)36-26(39)16-47-9-8-27(40)44-4/h6-7,10-14,17H,8-9,15-16H2,1-5H3,(H,36,39)(H,37,41). The summed E-state index contributed by atoms with van der Waals surface area (Å²) in [4.78, 5) is 40.6. The van der Waals surface area contributed by atoms with Gasteiger partial charge >= 0.3 is 12.1 Å². The van der Waals surface area contributed by atoms with Gasteiger partial charge in [-0.3, -0.25) is 9.59 Å². The number of imidazole rings is 1. The van der Waals surface area contributed by atoms with Gasteiger partial charge < -0.3 is 19.4 Å². The number of hydrogen-bond acceptors (Lipinski definition) is 12. The average Bonchev–Trinajstić information content (AvgIpc) is 3.64. The number of aromatic nitrogens is 2. The van der Waals surface area contributed by atoms with Crippen molar-refractivity contribution in [3.8, 4) is 0 Å². The molecule has 2 aromatic heterocycles. The lowest BCUT2D eigenvalue weighted by molar-refractivity contribution is -0.140. The fourth-order valence-corrected chi connectivity index (χ4v) is 9.66. The largest absolute Gasteiger partial charge is 0.469 e. The molecule has 4 aromatic rings. The van der Waals surface area contributed by atoms with E-state index in [1.54, 1.807) is 31.6 Å². The molecule has 0 fully saturated rings. The molecule has 0 aliphatic carbocycles. The van der Waals surface area contributed by atoms with Gasteiger partial charge in [-0.05, 0) is 79.4 Å². The number of hydrazone groups is 1. The number of nitrogens with zero attached hydrogens (tertiary/aromatic N) is 3. The van der Waals surface area contributed by atoms with Crippen LogP contribution < -0.4 is 10.7 Å². The summed E-state index contributed by atoms with van der Waals surface area (Å²) >= 11 is 7.17. The van der Waals surface area contributed by atoms with Gasteiger partial charge in [0.25, 0.3) is 0 Å². The minimum atomic E-state index is -4.06. The maximum Gasteiger partial charge on any atom is 0.428 e. The molecule has 0 aliphatic rings. The Morgan fingerprint density at radius 3 is 2.63 bits per heavy atom. The molecular weight excluding hydrogens is 782 g/mol. The molecule has 18 heteroatoms. The second-order valence-electron chi connectivity index (χ2n) is 11.3. The number of ether oxygens (including phenoxy) is 2. The van der Waals surface area contributed by atoms with Crippen molar-refractivity contribution in [1.29, 1.82) is 0 Å². The predicted molar refractivity (Wildman–Crippen MR) is 194 cm³/mol. The number of sulfone groups is 1. The van der Waals surface area contributed by atoms with E-state index in [9.17, 15) is 27.2 Å². The third-order valence-electron chi connectivity index (χ3n) is 6.45. The van der Waals surface area contributed by atoms with Gasteiger partial charge in [-0.1, -0.05) is 0 Å². The van der Waals surface area contributed by atoms with Crippen LogP contribution >= 0.6 is 50.8 Å². The van der Waals surface area contributed by atoms with Gasteiger partial charge in [0.1, 0.15) is 16.9 Å². The maximum atomic E-state index is 15.0. The summed E-state index contributed by atoms with van der Waals surface area (Å²) in [5.74, 6) is -0.675. The van der Waals surface area contributed by atoms with Crippen LogP contribution in [-0.4, -0.2) is 72.6 Å². The van der Waals surface area contributed by atoms with Crippen LogP contribution in [0.5, 0.6) is 0 Å². The molecule has 0 spiro atoms. The summed E-state index contributed by atoms with van der Waals surface area (Å²) in [5.41, 5.74) is 3.10. The zero-order valence-electron chi connectivity index (χ0n) is 27.0. The molecular formula is C31H33BrFN5O7S4. The highest BCUT2D eigenvalue weighted by Crippen LogP contribution is 2.38. The molecule has 0 unspecified atom stereocenters. The van der Waals surface area contributed by atoms with E-state index < -0.39 is 27.3 Å². The lowest BCUT2D eigenvalue weighted by atomic mass is 10.1. The molecule has 0 saturated heterocycles. The number of fused-ring (bicyclic) bond motifs is 1. The first-order valence-electron chi connectivity index (χ1n) is 14.4. The van der Waals surface area contributed by atoms with Crippen molar-refractivity contribution in [2.24, 2.45) is 5.10 Å². The quantitative estimate of drug-likeness (QED) is 0.0490. The number of nitrogens with one attached hydrogen (secondary N) is 2. The molecule has 0 bridgehead atoms. The molecule has 0 atom stereocenters. The summed E-state index contributed by atoms with van der Waals surface area (Å²) in [5, 5.41) is 6.62. The SMILES string of the molecule is COC(=O)CCSCC(=O)Nc1ccc(F)c(Cn2cnc3c(Br)cc(S(=O)(=O)c4cc(C=NNC(=O)OC(C)(C)C)sc4SC)cc32)c1. The molecule has 0 aliphatic heterocycles. The average molecular weight is 815 g/mol. The molecule has 49 heavy (non-hydrogen) atoms. The number of anilines is 1. The number of rotatable bonds is 13. The summed E-state index contributed by atoms with van der Waals surface area (Å²) < 4.78 is 55.3. The number of thioether (sulfide) groups is 2. The number of esters is 1. The Balaban J connectivity index is 1.55. The lowest BCUT2D eigenvalue weighted by Gasteiger charge is -2.18. The van der Waals surface area contributed by atoms with E-state index in [1.807, 2.05) is 0 Å². The van der Waals surface area contributed by atoms with Crippen LogP contribution in [-0.2, 0) is 35.4 Å². The number of hydrogen-bond donors (Lipinski definition) is 2. The van der Waals surface area contributed by atoms with Gasteiger partial charge in [0.2, 0.25) is 15.7 Å². The third-order valence-corrected chi connectivity index (χ3v) is 12.2. The van der Waals surface area contributed by atoms with E-state index in [-0.39, 0.29) is 45.9 Å². The lowest BCUT2D eigenvalue weighted by Crippen LogP contribution is -2.29. The summed E-state index contributed by atoms with van der Waals surface area (Å²) in [6.45, 7) is 5.16. The van der Waals surface area contributed by atoms with Gasteiger partial charge in [-0.2, -0.15) is 16.9 Å². The van der Waals surface area contributed by atoms with Gasteiger partial charge in [0.05, 0.1) is 57.9 Å². The first-order valence-corrected chi connectivity index (χ1v) is 19.9. The van der Waals surface area contributed by atoms with Crippen molar-refractivity contribution >= 4 is 102 Å². The zero-order valence-corrected chi connectivity index (χ0v) is 31.9. The van der Waals surface area contributed by atoms with E-state index in [4.69, 9.17) is 4.74 Å². The predicted octanol–water partition coefficient (Wildman–Crippen LogP) is 6.70. The van der Waals surface area contributed by atoms with Gasteiger partial charge in [-0.25, -0.2) is 28.0 Å². The van der Waals surface area contributed by atoms with Gasteiger partial charge in [-0.15, -0.1) is 23.1 Å². The molecule has 12 nitrogen and oxygen atoms in total. The number of methoxy groups -OCH3 is 1. The molecule has 2 heterocycles. The third kappa shape index (κ3) is 10.3. The highest BCUT2D eigenvalue weighted by molar-refractivity contribution is 9.10. The Labute approximate surface area is 303 Å². The molecule has 4 rings (SSSR count). The highest BCUT2D eigenvalue weighted by Gasteiger charge is 2.26. The van der Waals surface area contributed by atoms with Gasteiger partial charge in [0, 0.05) is 26.4 Å². The molecule has 2 N–H and O–H groups in total. The number of amides is 2. The van der Waals surface area contributed by atoms with Crippen molar-refractivity contribution in [3.05, 3.63) is 63.5 Å². The van der Waals surface area contributed by atoms with E-state index in [1.165, 1.54) is 90.9 Å². The fourth-order valence-electron chi connectivity index (χ4n) is 4.30. The molecule has 2 amide bonds. The second kappa shape index (κ2) is 16.5. The van der Waals surface area contributed by atoms with Crippen LogP contribution in [0.2, 0.25) is 0 Å². The van der Waals surface area contributed by atoms with Crippen LogP contribution in [0.15, 0.2) is 66.3 Å². The fraction of sp³-hybridized carbons (Fsp3) is 0.323. The molecule has 262 valence electrons. The number of thiophene rings is 1. The summed E-state index contributed by atoms with van der Waals surface area (Å²) in [7, 11) is -2.76. The second-order valence-corrected chi connectivity index (χ2v) is 17.3. The van der Waals surface area contributed by atoms with E-state index in [0.717, 1.165) is 0 Å². The smallest absolute Gasteiger partial charge is 0.428 e. The maximum absolute atomic E-state index is 15.0. The first kappa shape index (κ1) is 38.4. The molecule has 2 aromatic carbocycles.